The van der Waals surface area contributed by atoms with Crippen LogP contribution in [0.2, 0.25) is 0 Å². The van der Waals surface area contributed by atoms with Gasteiger partial charge in [-0.15, -0.1) is 0 Å². The SMILES string of the molecule is Cc1ccc(C(=O)NCC(F)(F)F)cc1NC(=O)C1C2CCC(C2)C1N. The summed E-state index contributed by atoms with van der Waals surface area (Å²) in [6.07, 6.45) is -1.45. The molecule has 0 aliphatic heterocycles. The molecule has 0 radical (unpaired) electrons. The van der Waals surface area contributed by atoms with Crippen LogP contribution in [-0.2, 0) is 4.79 Å². The predicted molar refractivity (Wildman–Crippen MR) is 90.5 cm³/mol. The normalized spacial score (nSPS) is 27.4. The number of carbonyl (C=O) groups excluding carboxylic acids is 2. The molecule has 0 aromatic heterocycles. The Hall–Kier alpha value is -2.09. The first-order chi connectivity index (χ1) is 12.2. The molecule has 1 aromatic rings. The fourth-order valence-corrected chi connectivity index (χ4v) is 4.12. The van der Waals surface area contributed by atoms with E-state index in [1.807, 2.05) is 5.32 Å². The van der Waals surface area contributed by atoms with Crippen molar-refractivity contribution in [2.75, 3.05) is 11.9 Å². The maximum atomic E-state index is 12.7. The second-order valence-corrected chi connectivity index (χ2v) is 7.25. The molecule has 2 fully saturated rings. The molecule has 3 rings (SSSR count). The summed E-state index contributed by atoms with van der Waals surface area (Å²) in [5.41, 5.74) is 7.39. The Kier molecular flexibility index (Phi) is 4.96. The molecule has 0 saturated heterocycles. The molecule has 2 aliphatic rings. The first-order valence-corrected chi connectivity index (χ1v) is 8.68. The molecule has 2 bridgehead atoms. The second kappa shape index (κ2) is 6.90. The highest BCUT2D eigenvalue weighted by Gasteiger charge is 2.49. The topological polar surface area (TPSA) is 84.2 Å². The molecule has 0 spiro atoms. The predicted octanol–water partition coefficient (Wildman–Crippen LogP) is 2.60. The summed E-state index contributed by atoms with van der Waals surface area (Å²) in [7, 11) is 0. The number of amides is 2. The maximum Gasteiger partial charge on any atom is 0.405 e. The Labute approximate surface area is 149 Å². The number of anilines is 1. The molecule has 2 saturated carbocycles. The van der Waals surface area contributed by atoms with E-state index >= 15 is 0 Å². The summed E-state index contributed by atoms with van der Waals surface area (Å²) in [6.45, 7) is 0.356. The monoisotopic (exact) mass is 369 g/mol. The number of rotatable bonds is 4. The summed E-state index contributed by atoms with van der Waals surface area (Å²) in [5, 5.41) is 4.64. The fourth-order valence-electron chi connectivity index (χ4n) is 4.12. The van der Waals surface area contributed by atoms with Gasteiger partial charge in [-0.3, -0.25) is 9.59 Å². The third-order valence-electron chi connectivity index (χ3n) is 5.49. The van der Waals surface area contributed by atoms with Gasteiger partial charge in [-0.25, -0.2) is 0 Å². The zero-order valence-electron chi connectivity index (χ0n) is 14.4. The number of hydrogen-bond acceptors (Lipinski definition) is 3. The molecule has 1 aromatic carbocycles. The van der Waals surface area contributed by atoms with Crippen LogP contribution in [0.3, 0.4) is 0 Å². The molecular formula is C18H22F3N3O2. The minimum absolute atomic E-state index is 0.0624. The quantitative estimate of drug-likeness (QED) is 0.763. The van der Waals surface area contributed by atoms with Crippen LogP contribution in [0.5, 0.6) is 0 Å². The molecule has 2 aliphatic carbocycles. The smallest absolute Gasteiger partial charge is 0.343 e. The minimum Gasteiger partial charge on any atom is -0.343 e. The van der Waals surface area contributed by atoms with Gasteiger partial charge in [0.1, 0.15) is 6.54 Å². The zero-order chi connectivity index (χ0) is 19.1. The first kappa shape index (κ1) is 18.7. The van der Waals surface area contributed by atoms with Crippen molar-refractivity contribution in [1.82, 2.24) is 5.32 Å². The number of hydrogen-bond donors (Lipinski definition) is 3. The van der Waals surface area contributed by atoms with Crippen LogP contribution in [0.4, 0.5) is 18.9 Å². The van der Waals surface area contributed by atoms with Crippen LogP contribution in [0.25, 0.3) is 0 Å². The van der Waals surface area contributed by atoms with E-state index in [1.54, 1.807) is 13.0 Å². The number of alkyl halides is 3. The van der Waals surface area contributed by atoms with Crippen molar-refractivity contribution < 1.29 is 22.8 Å². The first-order valence-electron chi connectivity index (χ1n) is 8.68. The van der Waals surface area contributed by atoms with E-state index in [-0.39, 0.29) is 29.3 Å². The Morgan fingerprint density at radius 2 is 1.92 bits per heavy atom. The van der Waals surface area contributed by atoms with Crippen molar-refractivity contribution in [3.05, 3.63) is 29.3 Å². The zero-order valence-corrected chi connectivity index (χ0v) is 14.4. The Morgan fingerprint density at radius 3 is 2.54 bits per heavy atom. The van der Waals surface area contributed by atoms with Gasteiger partial charge in [-0.05, 0) is 55.7 Å². The lowest BCUT2D eigenvalue weighted by Gasteiger charge is -2.27. The average molecular weight is 369 g/mol. The van der Waals surface area contributed by atoms with Crippen LogP contribution < -0.4 is 16.4 Å². The summed E-state index contributed by atoms with van der Waals surface area (Å²) < 4.78 is 36.7. The summed E-state index contributed by atoms with van der Waals surface area (Å²) in [6, 6.07) is 4.27. The van der Waals surface area contributed by atoms with E-state index in [2.05, 4.69) is 5.32 Å². The van der Waals surface area contributed by atoms with E-state index in [4.69, 9.17) is 5.73 Å². The van der Waals surface area contributed by atoms with Gasteiger partial charge in [0.15, 0.2) is 0 Å². The lowest BCUT2D eigenvalue weighted by Crippen LogP contribution is -2.42. The van der Waals surface area contributed by atoms with Crippen molar-refractivity contribution >= 4 is 17.5 Å². The van der Waals surface area contributed by atoms with E-state index in [0.29, 0.717) is 11.6 Å². The number of nitrogens with two attached hydrogens (primary N) is 1. The molecule has 142 valence electrons. The molecule has 4 N–H and O–H groups in total. The highest BCUT2D eigenvalue weighted by atomic mass is 19.4. The molecule has 4 unspecified atom stereocenters. The van der Waals surface area contributed by atoms with E-state index in [9.17, 15) is 22.8 Å². The molecule has 2 amide bonds. The van der Waals surface area contributed by atoms with Crippen molar-refractivity contribution in [3.8, 4) is 0 Å². The summed E-state index contributed by atoms with van der Waals surface area (Å²) in [4.78, 5) is 24.6. The van der Waals surface area contributed by atoms with E-state index in [0.717, 1.165) is 24.8 Å². The van der Waals surface area contributed by atoms with Gasteiger partial charge in [-0.2, -0.15) is 13.2 Å². The minimum atomic E-state index is -4.48. The van der Waals surface area contributed by atoms with Crippen molar-refractivity contribution in [2.24, 2.45) is 23.5 Å². The highest BCUT2D eigenvalue weighted by molar-refractivity contribution is 5.98. The number of halogens is 3. The Bertz CT molecular complexity index is 718. The number of fused-ring (bicyclic) bond motifs is 2. The lowest BCUT2D eigenvalue weighted by molar-refractivity contribution is -0.123. The molecule has 0 heterocycles. The molecular weight excluding hydrogens is 347 g/mol. The number of benzene rings is 1. The second-order valence-electron chi connectivity index (χ2n) is 7.25. The average Bonchev–Trinajstić information content (AvgIpc) is 3.15. The standard InChI is InChI=1S/C18H22F3N3O2/c1-9-2-3-12(16(25)23-8-18(19,20)21)7-13(9)24-17(26)14-10-4-5-11(6-10)15(14)22/h2-3,7,10-11,14-15H,4-6,8,22H2,1H3,(H,23,25)(H,24,26). The maximum absolute atomic E-state index is 12.7. The van der Waals surface area contributed by atoms with Gasteiger partial charge in [-0.1, -0.05) is 6.07 Å². The number of nitrogens with one attached hydrogen (secondary N) is 2. The van der Waals surface area contributed by atoms with Crippen molar-refractivity contribution in [2.45, 2.75) is 38.4 Å². The third kappa shape index (κ3) is 3.85. The van der Waals surface area contributed by atoms with Gasteiger partial charge in [0, 0.05) is 17.3 Å². The van der Waals surface area contributed by atoms with Gasteiger partial charge in [0.2, 0.25) is 5.91 Å². The third-order valence-corrected chi connectivity index (χ3v) is 5.49. The molecule has 8 heteroatoms. The lowest BCUT2D eigenvalue weighted by atomic mass is 9.84. The molecule has 26 heavy (non-hydrogen) atoms. The summed E-state index contributed by atoms with van der Waals surface area (Å²) in [5.74, 6) is -0.601. The largest absolute Gasteiger partial charge is 0.405 e. The van der Waals surface area contributed by atoms with Gasteiger partial charge >= 0.3 is 6.18 Å². The van der Waals surface area contributed by atoms with Crippen molar-refractivity contribution in [3.63, 3.8) is 0 Å². The van der Waals surface area contributed by atoms with E-state index < -0.39 is 18.6 Å². The molecule has 5 nitrogen and oxygen atoms in total. The number of aryl methyl sites for hydroxylation is 1. The summed E-state index contributed by atoms with van der Waals surface area (Å²) >= 11 is 0. The highest BCUT2D eigenvalue weighted by Crippen LogP contribution is 2.48. The van der Waals surface area contributed by atoms with Crippen molar-refractivity contribution in [1.29, 1.82) is 0 Å². The van der Waals surface area contributed by atoms with Crippen LogP contribution >= 0.6 is 0 Å². The van der Waals surface area contributed by atoms with Crippen LogP contribution in [0.15, 0.2) is 18.2 Å². The molecule has 4 atom stereocenters. The fraction of sp³-hybridized carbons (Fsp3) is 0.556. The van der Waals surface area contributed by atoms with Gasteiger partial charge in [0.25, 0.3) is 5.91 Å². The van der Waals surface area contributed by atoms with Gasteiger partial charge < -0.3 is 16.4 Å². The Morgan fingerprint density at radius 1 is 1.23 bits per heavy atom. The van der Waals surface area contributed by atoms with E-state index in [1.165, 1.54) is 12.1 Å². The van der Waals surface area contributed by atoms with Crippen LogP contribution in [0, 0.1) is 24.7 Å². The van der Waals surface area contributed by atoms with Crippen LogP contribution in [0.1, 0.15) is 35.2 Å². The van der Waals surface area contributed by atoms with Crippen LogP contribution in [-0.4, -0.2) is 30.6 Å². The number of carbonyl (C=O) groups is 2. The van der Waals surface area contributed by atoms with Gasteiger partial charge in [0.05, 0.1) is 5.92 Å². The Balaban J connectivity index is 1.70.